The van der Waals surface area contributed by atoms with Crippen LogP contribution in [0.25, 0.3) is 11.3 Å². The third kappa shape index (κ3) is 2.64. The number of hydrogen-bond donors (Lipinski definition) is 1. The van der Waals surface area contributed by atoms with Gasteiger partial charge in [-0.25, -0.2) is 14.0 Å². The third-order valence-corrected chi connectivity index (χ3v) is 2.67. The van der Waals surface area contributed by atoms with Crippen molar-refractivity contribution in [2.75, 3.05) is 7.11 Å². The number of ether oxygens (including phenoxy) is 1. The lowest BCUT2D eigenvalue weighted by Gasteiger charge is -2.06. The number of carboxylic acid groups (broad SMARTS) is 1. The molecule has 0 aliphatic carbocycles. The Morgan fingerprint density at radius 1 is 1.20 bits per heavy atom. The number of nitrogens with zero attached hydrogens (tertiary/aromatic N) is 1. The van der Waals surface area contributed by atoms with Crippen molar-refractivity contribution in [3.8, 4) is 11.3 Å². The lowest BCUT2D eigenvalue weighted by Crippen LogP contribution is -2.03. The van der Waals surface area contributed by atoms with Crippen molar-refractivity contribution >= 4 is 11.9 Å². The van der Waals surface area contributed by atoms with Crippen LogP contribution < -0.4 is 0 Å². The van der Waals surface area contributed by atoms with E-state index in [9.17, 15) is 14.0 Å². The molecule has 0 aliphatic rings. The van der Waals surface area contributed by atoms with E-state index < -0.39 is 17.8 Å². The number of aromatic carboxylic acids is 1. The fourth-order valence-electron chi connectivity index (χ4n) is 1.68. The predicted octanol–water partition coefficient (Wildman–Crippen LogP) is 2.37. The van der Waals surface area contributed by atoms with E-state index in [-0.39, 0.29) is 22.4 Å². The zero-order valence-electron chi connectivity index (χ0n) is 10.5. The summed E-state index contributed by atoms with van der Waals surface area (Å²) in [6.45, 7) is 0. The van der Waals surface area contributed by atoms with Gasteiger partial charge in [-0.05, 0) is 30.3 Å². The van der Waals surface area contributed by atoms with E-state index in [0.717, 1.165) is 6.07 Å². The summed E-state index contributed by atoms with van der Waals surface area (Å²) in [7, 11) is 1.22. The first-order valence-electron chi connectivity index (χ1n) is 5.60. The van der Waals surface area contributed by atoms with Crippen LogP contribution in [0.4, 0.5) is 4.39 Å². The van der Waals surface area contributed by atoms with Gasteiger partial charge in [0.1, 0.15) is 5.82 Å². The SMILES string of the molecule is COC(=O)c1ccc(F)c(-c2cc(C(=O)O)ccn2)c1. The number of carbonyl (C=O) groups excluding carboxylic acids is 1. The quantitative estimate of drug-likeness (QED) is 0.870. The van der Waals surface area contributed by atoms with Gasteiger partial charge in [-0.1, -0.05) is 0 Å². The Balaban J connectivity index is 2.54. The Hall–Kier alpha value is -2.76. The molecule has 1 aromatic heterocycles. The van der Waals surface area contributed by atoms with Crippen LogP contribution >= 0.6 is 0 Å². The van der Waals surface area contributed by atoms with Crippen molar-refractivity contribution in [1.29, 1.82) is 0 Å². The minimum Gasteiger partial charge on any atom is -0.478 e. The average molecular weight is 275 g/mol. The highest BCUT2D eigenvalue weighted by atomic mass is 19.1. The van der Waals surface area contributed by atoms with Gasteiger partial charge in [0, 0.05) is 11.8 Å². The van der Waals surface area contributed by atoms with Crippen LogP contribution in [-0.4, -0.2) is 29.1 Å². The van der Waals surface area contributed by atoms with Gasteiger partial charge < -0.3 is 9.84 Å². The number of hydrogen-bond acceptors (Lipinski definition) is 4. The third-order valence-electron chi connectivity index (χ3n) is 2.67. The zero-order chi connectivity index (χ0) is 14.7. The molecule has 1 N–H and O–H groups in total. The summed E-state index contributed by atoms with van der Waals surface area (Å²) in [4.78, 5) is 26.2. The largest absolute Gasteiger partial charge is 0.478 e. The summed E-state index contributed by atoms with van der Waals surface area (Å²) < 4.78 is 18.4. The molecule has 0 unspecified atom stereocenters. The first-order valence-corrected chi connectivity index (χ1v) is 5.60. The van der Waals surface area contributed by atoms with Crippen LogP contribution in [0, 0.1) is 5.82 Å². The van der Waals surface area contributed by atoms with Gasteiger partial charge in [-0.15, -0.1) is 0 Å². The highest BCUT2D eigenvalue weighted by Gasteiger charge is 2.13. The number of aromatic nitrogens is 1. The smallest absolute Gasteiger partial charge is 0.337 e. The molecule has 0 fully saturated rings. The molecule has 1 heterocycles. The van der Waals surface area contributed by atoms with Crippen molar-refractivity contribution in [3.05, 3.63) is 53.5 Å². The highest BCUT2D eigenvalue weighted by Crippen LogP contribution is 2.23. The molecule has 0 aliphatic heterocycles. The number of rotatable bonds is 3. The van der Waals surface area contributed by atoms with Gasteiger partial charge in [0.05, 0.1) is 23.9 Å². The van der Waals surface area contributed by atoms with Crippen molar-refractivity contribution in [3.63, 3.8) is 0 Å². The predicted molar refractivity (Wildman–Crippen MR) is 67.9 cm³/mol. The number of pyridine rings is 1. The molecule has 5 nitrogen and oxygen atoms in total. The van der Waals surface area contributed by atoms with E-state index in [1.54, 1.807) is 0 Å². The number of carboxylic acids is 1. The Kier molecular flexibility index (Phi) is 3.74. The average Bonchev–Trinajstić information content (AvgIpc) is 2.47. The molecule has 0 saturated heterocycles. The molecule has 1 aromatic carbocycles. The van der Waals surface area contributed by atoms with Crippen molar-refractivity contribution in [1.82, 2.24) is 4.98 Å². The molecule has 102 valence electrons. The van der Waals surface area contributed by atoms with E-state index in [0.29, 0.717) is 0 Å². The van der Waals surface area contributed by atoms with Gasteiger partial charge in [0.15, 0.2) is 0 Å². The topological polar surface area (TPSA) is 76.5 Å². The lowest BCUT2D eigenvalue weighted by atomic mass is 10.1. The van der Waals surface area contributed by atoms with Crippen LogP contribution in [0.2, 0.25) is 0 Å². The number of halogens is 1. The Morgan fingerprint density at radius 2 is 1.95 bits per heavy atom. The maximum atomic E-state index is 13.8. The molecule has 0 radical (unpaired) electrons. The second-order valence-corrected chi connectivity index (χ2v) is 3.92. The number of carbonyl (C=O) groups is 2. The second kappa shape index (κ2) is 5.48. The highest BCUT2D eigenvalue weighted by molar-refractivity contribution is 5.92. The zero-order valence-corrected chi connectivity index (χ0v) is 10.5. The molecule has 0 atom stereocenters. The van der Waals surface area contributed by atoms with Crippen molar-refractivity contribution in [2.24, 2.45) is 0 Å². The van der Waals surface area contributed by atoms with E-state index >= 15 is 0 Å². The Labute approximate surface area is 113 Å². The Bertz CT molecular complexity index is 685. The van der Waals surface area contributed by atoms with Gasteiger partial charge in [-0.3, -0.25) is 4.98 Å². The molecule has 2 aromatic rings. The van der Waals surface area contributed by atoms with E-state index in [4.69, 9.17) is 5.11 Å². The fourth-order valence-corrected chi connectivity index (χ4v) is 1.68. The van der Waals surface area contributed by atoms with Crippen LogP contribution in [-0.2, 0) is 4.74 Å². The van der Waals surface area contributed by atoms with Crippen molar-refractivity contribution < 1.29 is 23.8 Å². The summed E-state index contributed by atoms with van der Waals surface area (Å²) in [5, 5.41) is 8.91. The van der Waals surface area contributed by atoms with Crippen molar-refractivity contribution in [2.45, 2.75) is 0 Å². The van der Waals surface area contributed by atoms with Gasteiger partial charge >= 0.3 is 11.9 Å². The molecule has 0 amide bonds. The van der Waals surface area contributed by atoms with E-state index in [2.05, 4.69) is 9.72 Å². The second-order valence-electron chi connectivity index (χ2n) is 3.92. The first-order chi connectivity index (χ1) is 9.52. The van der Waals surface area contributed by atoms with E-state index in [1.165, 1.54) is 37.6 Å². The number of methoxy groups -OCH3 is 1. The van der Waals surface area contributed by atoms with Gasteiger partial charge in [0.2, 0.25) is 0 Å². The normalized spacial score (nSPS) is 10.1. The summed E-state index contributed by atoms with van der Waals surface area (Å²) >= 11 is 0. The first kappa shape index (κ1) is 13.7. The monoisotopic (exact) mass is 275 g/mol. The summed E-state index contributed by atoms with van der Waals surface area (Å²) in [5.74, 6) is -2.36. The number of esters is 1. The maximum Gasteiger partial charge on any atom is 0.337 e. The molecule has 20 heavy (non-hydrogen) atoms. The summed E-state index contributed by atoms with van der Waals surface area (Å²) in [6, 6.07) is 6.20. The van der Waals surface area contributed by atoms with Gasteiger partial charge in [-0.2, -0.15) is 0 Å². The summed E-state index contributed by atoms with van der Waals surface area (Å²) in [6.07, 6.45) is 1.27. The fraction of sp³-hybridized carbons (Fsp3) is 0.0714. The maximum absolute atomic E-state index is 13.8. The summed E-state index contributed by atoms with van der Waals surface area (Å²) in [5.41, 5.74) is 0.313. The van der Waals surface area contributed by atoms with E-state index in [1.807, 2.05) is 0 Å². The number of benzene rings is 1. The van der Waals surface area contributed by atoms with Gasteiger partial charge in [0.25, 0.3) is 0 Å². The molecule has 6 heteroatoms. The minimum absolute atomic E-state index is 0.0159. The Morgan fingerprint density at radius 3 is 2.60 bits per heavy atom. The van der Waals surface area contributed by atoms with Crippen LogP contribution in [0.15, 0.2) is 36.5 Å². The molecule has 0 bridgehead atoms. The standard InChI is InChI=1S/C14H10FNO4/c1-20-14(19)9-2-3-11(15)10(6-9)12-7-8(13(17)18)4-5-16-12/h2-7H,1H3,(H,17,18). The molecular formula is C14H10FNO4. The molecular weight excluding hydrogens is 265 g/mol. The minimum atomic E-state index is -1.14. The molecule has 0 spiro atoms. The van der Waals surface area contributed by atoms with Crippen LogP contribution in [0.1, 0.15) is 20.7 Å². The molecule has 2 rings (SSSR count). The molecule has 0 saturated carbocycles. The lowest BCUT2D eigenvalue weighted by molar-refractivity contribution is 0.0599. The van der Waals surface area contributed by atoms with Crippen LogP contribution in [0.5, 0.6) is 0 Å². The van der Waals surface area contributed by atoms with Crippen LogP contribution in [0.3, 0.4) is 0 Å².